The molecule has 1 unspecified atom stereocenters. The first-order valence-electron chi connectivity index (χ1n) is 6.84. The lowest BCUT2D eigenvalue weighted by Crippen LogP contribution is -2.42. The molecule has 0 saturated heterocycles. The van der Waals surface area contributed by atoms with E-state index < -0.39 is 5.60 Å². The molecule has 5 nitrogen and oxygen atoms in total. The lowest BCUT2D eigenvalue weighted by molar-refractivity contribution is 0.0522. The van der Waals surface area contributed by atoms with Crippen molar-refractivity contribution in [2.45, 2.75) is 52.3 Å². The largest absolute Gasteiger partial charge is 0.444 e. The first-order chi connectivity index (χ1) is 9.31. The highest BCUT2D eigenvalue weighted by atomic mass is 32.1. The summed E-state index contributed by atoms with van der Waals surface area (Å²) in [5.74, 6) is 0. The van der Waals surface area contributed by atoms with Gasteiger partial charge in [0.1, 0.15) is 5.60 Å². The molecule has 1 heterocycles. The standard InChI is InChI=1S/C14H25N3O2S/c1-5-10(8-17-13(18)19-14(2,3)4)16-9-12-11(15)6-7-20-12/h6-7,10,16H,5,8-9,15H2,1-4H3,(H,17,18). The fourth-order valence-corrected chi connectivity index (χ4v) is 2.36. The van der Waals surface area contributed by atoms with Gasteiger partial charge in [0.2, 0.25) is 0 Å². The van der Waals surface area contributed by atoms with Crippen LogP contribution in [0, 0.1) is 0 Å². The van der Waals surface area contributed by atoms with E-state index >= 15 is 0 Å². The van der Waals surface area contributed by atoms with Crippen molar-refractivity contribution >= 4 is 23.1 Å². The maximum Gasteiger partial charge on any atom is 0.407 e. The number of hydrogen-bond acceptors (Lipinski definition) is 5. The van der Waals surface area contributed by atoms with Crippen molar-refractivity contribution in [1.29, 1.82) is 0 Å². The van der Waals surface area contributed by atoms with Crippen molar-refractivity contribution < 1.29 is 9.53 Å². The van der Waals surface area contributed by atoms with E-state index in [9.17, 15) is 4.79 Å². The van der Waals surface area contributed by atoms with E-state index in [1.165, 1.54) is 0 Å². The molecule has 0 radical (unpaired) electrons. The summed E-state index contributed by atoms with van der Waals surface area (Å²) >= 11 is 1.63. The smallest absolute Gasteiger partial charge is 0.407 e. The summed E-state index contributed by atoms with van der Waals surface area (Å²) in [6.45, 7) is 8.88. The van der Waals surface area contributed by atoms with Gasteiger partial charge in [-0.05, 0) is 38.6 Å². The van der Waals surface area contributed by atoms with E-state index in [1.807, 2.05) is 32.2 Å². The predicted octanol–water partition coefficient (Wildman–Crippen LogP) is 2.72. The van der Waals surface area contributed by atoms with Crippen molar-refractivity contribution in [2.24, 2.45) is 0 Å². The lowest BCUT2D eigenvalue weighted by Gasteiger charge is -2.22. The molecule has 1 amide bonds. The molecule has 0 aromatic carbocycles. The van der Waals surface area contributed by atoms with E-state index in [0.29, 0.717) is 6.54 Å². The molecule has 1 atom stereocenters. The first kappa shape index (κ1) is 16.8. The van der Waals surface area contributed by atoms with E-state index in [4.69, 9.17) is 10.5 Å². The lowest BCUT2D eigenvalue weighted by atomic mass is 10.2. The summed E-state index contributed by atoms with van der Waals surface area (Å²) in [6.07, 6.45) is 0.537. The number of carbonyl (C=O) groups is 1. The molecular weight excluding hydrogens is 274 g/mol. The Kier molecular flexibility index (Phi) is 6.29. The molecule has 6 heteroatoms. The van der Waals surface area contributed by atoms with Crippen molar-refractivity contribution in [2.75, 3.05) is 12.3 Å². The fourth-order valence-electron chi connectivity index (χ4n) is 1.61. The van der Waals surface area contributed by atoms with E-state index in [2.05, 4.69) is 17.6 Å². The molecule has 114 valence electrons. The highest BCUT2D eigenvalue weighted by Crippen LogP contribution is 2.18. The molecule has 0 spiro atoms. The third-order valence-electron chi connectivity index (χ3n) is 2.72. The average Bonchev–Trinajstić information content (AvgIpc) is 2.73. The van der Waals surface area contributed by atoms with Crippen LogP contribution in [-0.2, 0) is 11.3 Å². The van der Waals surface area contributed by atoms with Crippen molar-refractivity contribution in [1.82, 2.24) is 10.6 Å². The molecule has 1 aromatic rings. The third-order valence-corrected chi connectivity index (χ3v) is 3.65. The van der Waals surface area contributed by atoms with Gasteiger partial charge in [0.05, 0.1) is 0 Å². The summed E-state index contributed by atoms with van der Waals surface area (Å²) in [4.78, 5) is 12.7. The van der Waals surface area contributed by atoms with Crippen LogP contribution in [0.25, 0.3) is 0 Å². The van der Waals surface area contributed by atoms with E-state index in [0.717, 1.165) is 23.5 Å². The van der Waals surface area contributed by atoms with Crippen LogP contribution in [0.15, 0.2) is 11.4 Å². The SMILES string of the molecule is CCC(CNC(=O)OC(C)(C)C)NCc1sccc1N. The second-order valence-electron chi connectivity index (χ2n) is 5.67. The van der Waals surface area contributed by atoms with Crippen LogP contribution in [0.3, 0.4) is 0 Å². The molecular formula is C14H25N3O2S. The van der Waals surface area contributed by atoms with Crippen LogP contribution in [-0.4, -0.2) is 24.3 Å². The van der Waals surface area contributed by atoms with Crippen LogP contribution in [0.2, 0.25) is 0 Å². The number of nitrogens with one attached hydrogen (secondary N) is 2. The molecule has 0 aliphatic carbocycles. The normalized spacial score (nSPS) is 13.0. The summed E-state index contributed by atoms with van der Waals surface area (Å²) in [6, 6.07) is 2.10. The quantitative estimate of drug-likeness (QED) is 0.755. The number of amides is 1. The molecule has 20 heavy (non-hydrogen) atoms. The monoisotopic (exact) mass is 299 g/mol. The van der Waals surface area contributed by atoms with Crippen LogP contribution in [0.1, 0.15) is 39.0 Å². The maximum absolute atomic E-state index is 11.6. The second-order valence-corrected chi connectivity index (χ2v) is 6.67. The molecule has 0 saturated carbocycles. The summed E-state index contributed by atoms with van der Waals surface area (Å²) < 4.78 is 5.21. The number of rotatable bonds is 6. The van der Waals surface area contributed by atoms with Crippen LogP contribution in [0.4, 0.5) is 10.5 Å². The molecule has 0 aliphatic heterocycles. The Bertz CT molecular complexity index is 426. The Morgan fingerprint density at radius 2 is 2.20 bits per heavy atom. The first-order valence-corrected chi connectivity index (χ1v) is 7.72. The van der Waals surface area contributed by atoms with Gasteiger partial charge in [0.25, 0.3) is 0 Å². The Hall–Kier alpha value is -1.27. The van der Waals surface area contributed by atoms with Gasteiger partial charge in [0, 0.05) is 29.7 Å². The third kappa shape index (κ3) is 6.25. The van der Waals surface area contributed by atoms with Gasteiger partial charge in [-0.2, -0.15) is 0 Å². The highest BCUT2D eigenvalue weighted by molar-refractivity contribution is 7.10. The van der Waals surface area contributed by atoms with Gasteiger partial charge in [0.15, 0.2) is 0 Å². The predicted molar refractivity (Wildman–Crippen MR) is 83.9 cm³/mol. The molecule has 1 aromatic heterocycles. The number of carbonyl (C=O) groups excluding carboxylic acids is 1. The highest BCUT2D eigenvalue weighted by Gasteiger charge is 2.17. The Morgan fingerprint density at radius 1 is 1.50 bits per heavy atom. The zero-order valence-electron chi connectivity index (χ0n) is 12.7. The van der Waals surface area contributed by atoms with Crippen LogP contribution < -0.4 is 16.4 Å². The Balaban J connectivity index is 2.33. The van der Waals surface area contributed by atoms with Gasteiger partial charge >= 0.3 is 6.09 Å². The van der Waals surface area contributed by atoms with Crippen LogP contribution >= 0.6 is 11.3 Å². The van der Waals surface area contributed by atoms with Gasteiger partial charge in [-0.25, -0.2) is 4.79 Å². The Morgan fingerprint density at radius 3 is 2.70 bits per heavy atom. The number of alkyl carbamates (subject to hydrolysis) is 1. The van der Waals surface area contributed by atoms with Crippen molar-refractivity contribution in [3.63, 3.8) is 0 Å². The Labute approximate surface area is 124 Å². The second kappa shape index (κ2) is 7.50. The zero-order valence-corrected chi connectivity index (χ0v) is 13.5. The average molecular weight is 299 g/mol. The minimum atomic E-state index is -0.468. The molecule has 0 aliphatic rings. The number of thiophene rings is 1. The number of anilines is 1. The topological polar surface area (TPSA) is 76.4 Å². The molecule has 0 fully saturated rings. The number of nitrogen functional groups attached to an aromatic ring is 1. The van der Waals surface area contributed by atoms with E-state index in [-0.39, 0.29) is 12.1 Å². The summed E-state index contributed by atoms with van der Waals surface area (Å²) in [7, 11) is 0. The zero-order chi connectivity index (χ0) is 15.2. The number of nitrogens with two attached hydrogens (primary N) is 1. The summed E-state index contributed by atoms with van der Waals surface area (Å²) in [5, 5.41) is 8.15. The minimum Gasteiger partial charge on any atom is -0.444 e. The van der Waals surface area contributed by atoms with E-state index in [1.54, 1.807) is 11.3 Å². The molecule has 0 bridgehead atoms. The van der Waals surface area contributed by atoms with Crippen molar-refractivity contribution in [3.8, 4) is 0 Å². The summed E-state index contributed by atoms with van der Waals surface area (Å²) in [5.41, 5.74) is 6.19. The number of hydrogen-bond donors (Lipinski definition) is 3. The van der Waals surface area contributed by atoms with Gasteiger partial charge in [-0.1, -0.05) is 6.92 Å². The van der Waals surface area contributed by atoms with Gasteiger partial charge in [-0.15, -0.1) is 11.3 Å². The fraction of sp³-hybridized carbons (Fsp3) is 0.643. The van der Waals surface area contributed by atoms with Crippen molar-refractivity contribution in [3.05, 3.63) is 16.3 Å². The molecule has 4 N–H and O–H groups in total. The van der Waals surface area contributed by atoms with Gasteiger partial charge < -0.3 is 21.1 Å². The number of ether oxygens (including phenoxy) is 1. The van der Waals surface area contributed by atoms with Gasteiger partial charge in [-0.3, -0.25) is 0 Å². The molecule has 1 rings (SSSR count). The minimum absolute atomic E-state index is 0.198. The van der Waals surface area contributed by atoms with Crippen LogP contribution in [0.5, 0.6) is 0 Å². The maximum atomic E-state index is 11.6.